The molecule has 27 heavy (non-hydrogen) atoms. The number of nitrogens with two attached hydrogens (primary N) is 1. The molecule has 8 heteroatoms. The number of benzene rings is 1. The van der Waals surface area contributed by atoms with Crippen LogP contribution in [0.15, 0.2) is 40.2 Å². The topological polar surface area (TPSA) is 125 Å². The summed E-state index contributed by atoms with van der Waals surface area (Å²) >= 11 is 0. The highest BCUT2D eigenvalue weighted by atomic mass is 16.4. The summed E-state index contributed by atoms with van der Waals surface area (Å²) in [4.78, 5) is 29.3. The normalized spacial score (nSPS) is 15.7. The number of aliphatic carboxylic acids is 1. The van der Waals surface area contributed by atoms with Crippen molar-refractivity contribution < 1.29 is 9.90 Å². The Bertz CT molecular complexity index is 896. The molecule has 4 N–H and O–H groups in total. The lowest BCUT2D eigenvalue weighted by Crippen LogP contribution is -2.34. The molecule has 0 spiro atoms. The van der Waals surface area contributed by atoms with E-state index in [1.807, 2.05) is 24.3 Å². The Morgan fingerprint density at radius 2 is 2.00 bits per heavy atom. The van der Waals surface area contributed by atoms with E-state index >= 15 is 0 Å². The Morgan fingerprint density at radius 3 is 2.59 bits per heavy atom. The Balaban J connectivity index is 1.69. The van der Waals surface area contributed by atoms with Crippen LogP contribution >= 0.6 is 0 Å². The van der Waals surface area contributed by atoms with Crippen molar-refractivity contribution in [1.29, 1.82) is 0 Å². The van der Waals surface area contributed by atoms with Crippen LogP contribution in [-0.4, -0.2) is 40.2 Å². The van der Waals surface area contributed by atoms with Gasteiger partial charge in [-0.15, -0.1) is 0 Å². The highest BCUT2D eigenvalue weighted by Gasteiger charge is 2.21. The predicted molar refractivity (Wildman–Crippen MR) is 104 cm³/mol. The van der Waals surface area contributed by atoms with E-state index in [1.54, 1.807) is 6.92 Å². The molecule has 1 saturated heterocycles. The minimum absolute atomic E-state index is 0.151. The Kier molecular flexibility index (Phi) is 5.54. The third-order valence-electron chi connectivity index (χ3n) is 4.84. The van der Waals surface area contributed by atoms with Gasteiger partial charge in [0.2, 0.25) is 0 Å². The van der Waals surface area contributed by atoms with Gasteiger partial charge in [-0.1, -0.05) is 0 Å². The van der Waals surface area contributed by atoms with Gasteiger partial charge in [0.1, 0.15) is 5.84 Å². The van der Waals surface area contributed by atoms with E-state index in [-0.39, 0.29) is 23.7 Å². The van der Waals surface area contributed by atoms with Gasteiger partial charge in [-0.3, -0.25) is 9.59 Å². The number of aromatic amines is 1. The molecule has 1 aromatic carbocycles. The third-order valence-corrected chi connectivity index (χ3v) is 4.84. The summed E-state index contributed by atoms with van der Waals surface area (Å²) in [6.45, 7) is 3.44. The summed E-state index contributed by atoms with van der Waals surface area (Å²) in [5.74, 6) is -0.320. The van der Waals surface area contributed by atoms with Gasteiger partial charge in [0.25, 0.3) is 5.56 Å². The fourth-order valence-electron chi connectivity index (χ4n) is 3.38. The predicted octanol–water partition coefficient (Wildman–Crippen LogP) is 1.81. The lowest BCUT2D eigenvalue weighted by atomic mass is 9.93. The molecule has 0 radical (unpaired) electrons. The number of nitrogens with one attached hydrogen (secondary N) is 1. The zero-order valence-corrected chi connectivity index (χ0v) is 15.2. The SMILES string of the molecule is Cc1cn[nH]c(=O)c1C(N)=Nc1ccc(N2CCC(CC(=O)O)CC2)cc1. The number of H-pyrrole nitrogens is 1. The number of amidine groups is 1. The fraction of sp³-hybridized carbons (Fsp3) is 0.368. The molecule has 1 aliphatic rings. The highest BCUT2D eigenvalue weighted by Crippen LogP contribution is 2.26. The van der Waals surface area contributed by atoms with Crippen molar-refractivity contribution in [2.45, 2.75) is 26.2 Å². The number of carboxylic acid groups (broad SMARTS) is 1. The van der Waals surface area contributed by atoms with Crippen LogP contribution in [0.3, 0.4) is 0 Å². The van der Waals surface area contributed by atoms with Gasteiger partial charge in [0.05, 0.1) is 17.4 Å². The molecule has 0 amide bonds. The maximum absolute atomic E-state index is 11.9. The molecule has 1 aromatic heterocycles. The van der Waals surface area contributed by atoms with Crippen molar-refractivity contribution in [1.82, 2.24) is 10.2 Å². The molecule has 1 fully saturated rings. The van der Waals surface area contributed by atoms with E-state index in [1.165, 1.54) is 6.20 Å². The van der Waals surface area contributed by atoms with Crippen LogP contribution in [-0.2, 0) is 4.79 Å². The molecule has 0 aliphatic carbocycles. The number of hydrogen-bond acceptors (Lipinski definition) is 5. The van der Waals surface area contributed by atoms with E-state index in [4.69, 9.17) is 10.8 Å². The summed E-state index contributed by atoms with van der Waals surface area (Å²) in [6.07, 6.45) is 3.54. The zero-order chi connectivity index (χ0) is 19.4. The molecule has 3 rings (SSSR count). The molecule has 0 unspecified atom stereocenters. The van der Waals surface area contributed by atoms with Crippen LogP contribution < -0.4 is 16.2 Å². The van der Waals surface area contributed by atoms with Crippen molar-refractivity contribution in [3.05, 3.63) is 51.9 Å². The second-order valence-corrected chi connectivity index (χ2v) is 6.80. The van der Waals surface area contributed by atoms with Crippen LogP contribution in [0.2, 0.25) is 0 Å². The largest absolute Gasteiger partial charge is 0.481 e. The van der Waals surface area contributed by atoms with E-state index in [9.17, 15) is 9.59 Å². The van der Waals surface area contributed by atoms with Crippen molar-refractivity contribution in [3.8, 4) is 0 Å². The maximum atomic E-state index is 11.9. The molecule has 1 aliphatic heterocycles. The number of aromatic nitrogens is 2. The highest BCUT2D eigenvalue weighted by molar-refractivity contribution is 5.99. The number of aliphatic imine (C=N–C) groups is 1. The van der Waals surface area contributed by atoms with Gasteiger partial charge in [0, 0.05) is 25.2 Å². The Hall–Kier alpha value is -3.16. The number of rotatable bonds is 5. The van der Waals surface area contributed by atoms with Crippen LogP contribution in [0.5, 0.6) is 0 Å². The summed E-state index contributed by atoms with van der Waals surface area (Å²) < 4.78 is 0. The lowest BCUT2D eigenvalue weighted by Gasteiger charge is -2.33. The first kappa shape index (κ1) is 18.6. The van der Waals surface area contributed by atoms with Crippen LogP contribution in [0.25, 0.3) is 0 Å². The van der Waals surface area contributed by atoms with E-state index < -0.39 is 5.97 Å². The molecule has 142 valence electrons. The monoisotopic (exact) mass is 369 g/mol. The first-order valence-electron chi connectivity index (χ1n) is 8.89. The molecular weight excluding hydrogens is 346 g/mol. The minimum Gasteiger partial charge on any atom is -0.481 e. The van der Waals surface area contributed by atoms with Crippen molar-refractivity contribution in [2.24, 2.45) is 16.6 Å². The van der Waals surface area contributed by atoms with Crippen LogP contribution in [0.1, 0.15) is 30.4 Å². The smallest absolute Gasteiger partial charge is 0.303 e. The molecule has 2 heterocycles. The second kappa shape index (κ2) is 8.03. The average molecular weight is 369 g/mol. The first-order valence-corrected chi connectivity index (χ1v) is 8.89. The van der Waals surface area contributed by atoms with Gasteiger partial charge in [-0.25, -0.2) is 10.1 Å². The Labute approximate surface area is 156 Å². The quantitative estimate of drug-likeness (QED) is 0.545. The number of hydrogen-bond donors (Lipinski definition) is 3. The molecule has 0 saturated carbocycles. The standard InChI is InChI=1S/C19H23N5O3/c1-12-11-21-23-19(27)17(12)18(20)22-14-2-4-15(5-3-14)24-8-6-13(7-9-24)10-16(25)26/h2-5,11,13H,6-10H2,1H3,(H2,20,22)(H,23,27)(H,25,26). The molecule has 0 atom stereocenters. The van der Waals surface area contributed by atoms with Crippen molar-refractivity contribution in [2.75, 3.05) is 18.0 Å². The van der Waals surface area contributed by atoms with Gasteiger partial charge >= 0.3 is 5.97 Å². The van der Waals surface area contributed by atoms with Crippen molar-refractivity contribution >= 4 is 23.2 Å². The van der Waals surface area contributed by atoms with E-state index in [0.717, 1.165) is 31.6 Å². The summed E-state index contributed by atoms with van der Waals surface area (Å²) in [7, 11) is 0. The van der Waals surface area contributed by atoms with Gasteiger partial charge < -0.3 is 15.7 Å². The summed E-state index contributed by atoms with van der Waals surface area (Å²) in [5.41, 5.74) is 8.37. The number of aryl methyl sites for hydroxylation is 1. The molecule has 8 nitrogen and oxygen atoms in total. The second-order valence-electron chi connectivity index (χ2n) is 6.80. The van der Waals surface area contributed by atoms with E-state index in [2.05, 4.69) is 20.1 Å². The number of nitrogens with zero attached hydrogens (tertiary/aromatic N) is 3. The maximum Gasteiger partial charge on any atom is 0.303 e. The van der Waals surface area contributed by atoms with Crippen LogP contribution in [0.4, 0.5) is 11.4 Å². The number of piperidine rings is 1. The zero-order valence-electron chi connectivity index (χ0n) is 15.2. The fourth-order valence-corrected chi connectivity index (χ4v) is 3.38. The molecular formula is C19H23N5O3. The van der Waals surface area contributed by atoms with Gasteiger partial charge in [-0.2, -0.15) is 5.10 Å². The number of anilines is 1. The van der Waals surface area contributed by atoms with Crippen molar-refractivity contribution in [3.63, 3.8) is 0 Å². The van der Waals surface area contributed by atoms with Gasteiger partial charge in [0.15, 0.2) is 0 Å². The average Bonchev–Trinajstić information content (AvgIpc) is 2.62. The third kappa shape index (κ3) is 4.52. The summed E-state index contributed by atoms with van der Waals surface area (Å²) in [5, 5.41) is 15.0. The number of carbonyl (C=O) groups is 1. The van der Waals surface area contributed by atoms with E-state index in [0.29, 0.717) is 16.8 Å². The van der Waals surface area contributed by atoms with Gasteiger partial charge in [-0.05, 0) is 55.5 Å². The molecule has 2 aromatic rings. The lowest BCUT2D eigenvalue weighted by molar-refractivity contribution is -0.138. The Morgan fingerprint density at radius 1 is 1.33 bits per heavy atom. The first-order chi connectivity index (χ1) is 12.9. The number of carboxylic acids is 1. The van der Waals surface area contributed by atoms with Crippen LogP contribution in [0, 0.1) is 12.8 Å². The molecule has 0 bridgehead atoms. The summed E-state index contributed by atoms with van der Waals surface area (Å²) in [6, 6.07) is 7.65. The minimum atomic E-state index is -0.725.